The van der Waals surface area contributed by atoms with Crippen LogP contribution in [0.3, 0.4) is 0 Å². The van der Waals surface area contributed by atoms with E-state index in [9.17, 15) is 10.1 Å². The van der Waals surface area contributed by atoms with E-state index in [1.807, 2.05) is 48.7 Å². The Morgan fingerprint density at radius 2 is 1.88 bits per heavy atom. The molecule has 0 saturated heterocycles. The first-order chi connectivity index (χ1) is 11.3. The number of carbonyl (C=O) groups excluding carboxylic acids is 1. The zero-order valence-electron chi connectivity index (χ0n) is 14.5. The lowest BCUT2D eigenvalue weighted by molar-refractivity contribution is 0.106. The van der Waals surface area contributed by atoms with Gasteiger partial charge in [-0.15, -0.1) is 0 Å². The van der Waals surface area contributed by atoms with Gasteiger partial charge in [-0.05, 0) is 43.4 Å². The maximum Gasteiger partial charge on any atom is 0.220 e. The van der Waals surface area contributed by atoms with Gasteiger partial charge < -0.3 is 9.98 Å². The second kappa shape index (κ2) is 5.17. The Labute approximate surface area is 142 Å². The van der Waals surface area contributed by atoms with Crippen LogP contribution in [0.15, 0.2) is 30.3 Å². The molecule has 1 aliphatic carbocycles. The summed E-state index contributed by atoms with van der Waals surface area (Å²) in [5, 5.41) is 17.3. The number of para-hydroxylation sites is 1. The average Bonchev–Trinajstić information content (AvgIpc) is 2.99. The molecule has 1 N–H and O–H groups in total. The van der Waals surface area contributed by atoms with Crippen LogP contribution in [0.4, 0.5) is 0 Å². The van der Waals surface area contributed by atoms with Crippen LogP contribution in [-0.2, 0) is 10.8 Å². The molecule has 1 aliphatic rings. The van der Waals surface area contributed by atoms with Crippen LogP contribution in [0.1, 0.15) is 54.5 Å². The lowest BCUT2D eigenvalue weighted by Crippen LogP contribution is -2.24. The van der Waals surface area contributed by atoms with E-state index < -0.39 is 5.41 Å². The molecule has 1 aromatic carbocycles. The van der Waals surface area contributed by atoms with E-state index in [-0.39, 0.29) is 11.2 Å². The maximum absolute atomic E-state index is 12.6. The minimum atomic E-state index is -0.725. The molecule has 0 saturated carbocycles. The Morgan fingerprint density at radius 1 is 1.25 bits per heavy atom. The predicted octanol–water partition coefficient (Wildman–Crippen LogP) is 4.08. The van der Waals surface area contributed by atoms with Gasteiger partial charge in [0.05, 0.1) is 17.7 Å². The number of fused-ring (bicyclic) bond motifs is 1. The molecule has 4 nitrogen and oxygen atoms in total. The quantitative estimate of drug-likeness (QED) is 0.684. The van der Waals surface area contributed by atoms with E-state index in [2.05, 4.69) is 19.9 Å². The smallest absolute Gasteiger partial charge is 0.220 e. The fourth-order valence-corrected chi connectivity index (χ4v) is 4.41. The molecular weight excluding hydrogens is 298 g/mol. The van der Waals surface area contributed by atoms with Crippen molar-refractivity contribution in [2.75, 3.05) is 0 Å². The van der Waals surface area contributed by atoms with Crippen molar-refractivity contribution in [2.24, 2.45) is 0 Å². The van der Waals surface area contributed by atoms with Crippen molar-refractivity contribution in [2.45, 2.75) is 44.9 Å². The Balaban J connectivity index is 2.47. The van der Waals surface area contributed by atoms with Crippen LogP contribution in [0.2, 0.25) is 0 Å². The number of rotatable bonds is 3. The summed E-state index contributed by atoms with van der Waals surface area (Å²) in [7, 11) is 0. The van der Waals surface area contributed by atoms with Crippen LogP contribution in [-0.4, -0.2) is 16.6 Å². The van der Waals surface area contributed by atoms with Crippen LogP contribution in [0.25, 0.3) is 5.69 Å². The van der Waals surface area contributed by atoms with E-state index in [0.717, 1.165) is 28.7 Å². The Morgan fingerprint density at radius 3 is 2.42 bits per heavy atom. The highest BCUT2D eigenvalue weighted by atomic mass is 16.1. The number of ketones is 1. The largest absolute Gasteiger partial charge is 0.310 e. The fraction of sp³-hybridized carbons (Fsp3) is 0.350. The van der Waals surface area contributed by atoms with Crippen molar-refractivity contribution in [3.63, 3.8) is 0 Å². The number of Topliss-reactive ketones (excluding diaryl/α,β-unsaturated/α-hetero) is 1. The highest BCUT2D eigenvalue weighted by Gasteiger charge is 2.50. The van der Waals surface area contributed by atoms with E-state index in [1.165, 1.54) is 0 Å². The topological polar surface area (TPSA) is 69.6 Å². The molecule has 0 radical (unpaired) electrons. The Hall–Kier alpha value is -2.67. The van der Waals surface area contributed by atoms with Crippen LogP contribution >= 0.6 is 0 Å². The van der Waals surface area contributed by atoms with Gasteiger partial charge in [-0.3, -0.25) is 4.79 Å². The highest BCUT2D eigenvalue weighted by Crippen LogP contribution is 2.53. The molecule has 0 spiro atoms. The van der Waals surface area contributed by atoms with E-state index >= 15 is 0 Å². The van der Waals surface area contributed by atoms with Gasteiger partial charge in [-0.25, -0.2) is 0 Å². The summed E-state index contributed by atoms with van der Waals surface area (Å²) in [5.41, 5.74) is 3.26. The van der Waals surface area contributed by atoms with Crippen molar-refractivity contribution >= 4 is 12.0 Å². The number of nitrogens with zero attached hydrogens (tertiary/aromatic N) is 2. The first-order valence-corrected chi connectivity index (χ1v) is 8.04. The number of nitriles is 1. The highest BCUT2D eigenvalue weighted by molar-refractivity contribution is 6.34. The molecular formula is C20H21N3O. The number of aromatic nitrogens is 1. The number of hydrogen-bond acceptors (Lipinski definition) is 3. The van der Waals surface area contributed by atoms with Crippen LogP contribution in [0.5, 0.6) is 0 Å². The number of hydrogen-bond donors (Lipinski definition) is 1. The lowest BCUT2D eigenvalue weighted by Gasteiger charge is -2.24. The molecule has 1 aromatic heterocycles. The average molecular weight is 319 g/mol. The summed E-state index contributed by atoms with van der Waals surface area (Å²) >= 11 is 0. The van der Waals surface area contributed by atoms with E-state index in [1.54, 1.807) is 0 Å². The van der Waals surface area contributed by atoms with Crippen LogP contribution < -0.4 is 0 Å². The third kappa shape index (κ3) is 2.05. The second-order valence-corrected chi connectivity index (χ2v) is 7.37. The van der Waals surface area contributed by atoms with Gasteiger partial charge in [0.1, 0.15) is 5.69 Å². The Kier molecular flexibility index (Phi) is 3.49. The van der Waals surface area contributed by atoms with Crippen LogP contribution in [0, 0.1) is 23.7 Å². The molecule has 1 heterocycles. The SMILES string of the molecule is Cc1c2c(c(C(=O)C=N)n1-c1ccccc1)C(C)(C#N)CC2(C)C. The van der Waals surface area contributed by atoms with Crippen molar-refractivity contribution in [1.82, 2.24) is 4.57 Å². The summed E-state index contributed by atoms with van der Waals surface area (Å²) in [6.07, 6.45) is 1.52. The third-order valence-corrected chi connectivity index (χ3v) is 5.06. The van der Waals surface area contributed by atoms with Crippen molar-refractivity contribution in [3.05, 3.63) is 52.8 Å². The fourth-order valence-electron chi connectivity index (χ4n) is 4.41. The molecule has 24 heavy (non-hydrogen) atoms. The number of benzene rings is 1. The van der Waals surface area contributed by atoms with Crippen molar-refractivity contribution in [3.8, 4) is 11.8 Å². The molecule has 0 aliphatic heterocycles. The standard InChI is InChI=1S/C20H21N3O/c1-13-16-17(20(4,12-22)11-19(16,2)3)18(15(24)10-21)23(13)14-8-6-5-7-9-14/h5-10,21H,11H2,1-4H3. The first-order valence-electron chi connectivity index (χ1n) is 8.04. The predicted molar refractivity (Wildman–Crippen MR) is 94.2 cm³/mol. The normalized spacial score (nSPS) is 21.1. The van der Waals surface area contributed by atoms with Gasteiger partial charge in [-0.1, -0.05) is 32.0 Å². The minimum absolute atomic E-state index is 0.193. The Bertz CT molecular complexity index is 884. The van der Waals surface area contributed by atoms with Gasteiger partial charge in [0, 0.05) is 16.9 Å². The summed E-state index contributed by atoms with van der Waals surface area (Å²) in [4.78, 5) is 12.6. The van der Waals surface area contributed by atoms with Gasteiger partial charge in [-0.2, -0.15) is 5.26 Å². The van der Waals surface area contributed by atoms with Gasteiger partial charge >= 0.3 is 0 Å². The summed E-state index contributed by atoms with van der Waals surface area (Å²) < 4.78 is 1.91. The molecule has 2 aromatic rings. The first kappa shape index (κ1) is 16.2. The summed E-state index contributed by atoms with van der Waals surface area (Å²) in [5.74, 6) is -0.359. The van der Waals surface area contributed by atoms with Gasteiger partial charge in [0.25, 0.3) is 0 Å². The van der Waals surface area contributed by atoms with E-state index in [4.69, 9.17) is 5.41 Å². The minimum Gasteiger partial charge on any atom is -0.310 e. The molecule has 0 bridgehead atoms. The number of carbonyl (C=O) groups is 1. The van der Waals surface area contributed by atoms with Gasteiger partial charge in [0.2, 0.25) is 5.78 Å². The van der Waals surface area contributed by atoms with Gasteiger partial charge in [0.15, 0.2) is 0 Å². The zero-order chi connectivity index (χ0) is 17.7. The molecule has 3 rings (SSSR count). The number of nitrogens with one attached hydrogen (secondary N) is 1. The lowest BCUT2D eigenvalue weighted by atomic mass is 9.80. The molecule has 1 unspecified atom stereocenters. The third-order valence-electron chi connectivity index (χ3n) is 5.06. The molecule has 1 atom stereocenters. The zero-order valence-corrected chi connectivity index (χ0v) is 14.5. The molecule has 4 heteroatoms. The summed E-state index contributed by atoms with van der Waals surface area (Å²) in [6, 6.07) is 12.1. The monoisotopic (exact) mass is 319 g/mol. The van der Waals surface area contributed by atoms with Crippen molar-refractivity contribution in [1.29, 1.82) is 10.7 Å². The van der Waals surface area contributed by atoms with Crippen molar-refractivity contribution < 1.29 is 4.79 Å². The van der Waals surface area contributed by atoms with E-state index in [0.29, 0.717) is 12.1 Å². The summed E-state index contributed by atoms with van der Waals surface area (Å²) in [6.45, 7) is 8.14. The second-order valence-electron chi connectivity index (χ2n) is 7.37. The maximum atomic E-state index is 12.6. The molecule has 0 amide bonds. The molecule has 122 valence electrons. The molecule has 0 fully saturated rings.